The van der Waals surface area contributed by atoms with Crippen LogP contribution in [0.2, 0.25) is 0 Å². The maximum Gasteiger partial charge on any atom is 0.410 e. The highest BCUT2D eigenvalue weighted by Crippen LogP contribution is 2.33. The van der Waals surface area contributed by atoms with Gasteiger partial charge < -0.3 is 19.7 Å². The van der Waals surface area contributed by atoms with Crippen molar-refractivity contribution in [1.29, 1.82) is 0 Å². The SMILES string of the molecule is CC(C)(C)OC(=O)N1CCC(Cc2nsc(Nc3ncc(Br)cc3Oc3ccc(F)cc3)n2)CC1. The number of nitrogens with one attached hydrogen (secondary N) is 1. The summed E-state index contributed by atoms with van der Waals surface area (Å²) in [4.78, 5) is 23.1. The molecule has 1 saturated heterocycles. The first-order chi connectivity index (χ1) is 16.6. The summed E-state index contributed by atoms with van der Waals surface area (Å²) < 4.78 is 29.8. The molecule has 1 aliphatic heterocycles. The van der Waals surface area contributed by atoms with Crippen molar-refractivity contribution >= 4 is 44.5 Å². The van der Waals surface area contributed by atoms with E-state index in [9.17, 15) is 9.18 Å². The third kappa shape index (κ3) is 7.35. The standard InChI is InChI=1S/C24H27BrFN5O3S/c1-24(2,3)34-23(32)31-10-8-15(9-11-31)12-20-28-22(35-30-20)29-21-19(13-16(25)14-27-21)33-18-6-4-17(26)5-7-18/h4-7,13-15H,8-12H2,1-3H3,(H,27,28,29,30). The second-order valence-corrected chi connectivity index (χ2v) is 11.0. The third-order valence-corrected chi connectivity index (χ3v) is 6.39. The quantitative estimate of drug-likeness (QED) is 0.363. The number of halogens is 2. The molecule has 186 valence electrons. The number of rotatable bonds is 6. The number of benzene rings is 1. The zero-order chi connectivity index (χ0) is 25.0. The highest BCUT2D eigenvalue weighted by atomic mass is 79.9. The van der Waals surface area contributed by atoms with E-state index in [2.05, 4.69) is 35.6 Å². The van der Waals surface area contributed by atoms with E-state index in [-0.39, 0.29) is 11.9 Å². The van der Waals surface area contributed by atoms with Crippen molar-refractivity contribution in [3.63, 3.8) is 0 Å². The highest BCUT2D eigenvalue weighted by Gasteiger charge is 2.27. The Bertz CT molecular complexity index is 1160. The Hall–Kier alpha value is -2.79. The van der Waals surface area contributed by atoms with Gasteiger partial charge in [0.2, 0.25) is 5.13 Å². The lowest BCUT2D eigenvalue weighted by molar-refractivity contribution is 0.0184. The summed E-state index contributed by atoms with van der Waals surface area (Å²) in [5, 5.41) is 3.78. The lowest BCUT2D eigenvalue weighted by atomic mass is 9.93. The summed E-state index contributed by atoms with van der Waals surface area (Å²) in [6.07, 6.45) is 3.90. The number of carbonyl (C=O) groups is 1. The molecule has 8 nitrogen and oxygen atoms in total. The molecule has 0 aliphatic carbocycles. The van der Waals surface area contributed by atoms with Crippen molar-refractivity contribution in [3.05, 3.63) is 52.6 Å². The van der Waals surface area contributed by atoms with Gasteiger partial charge in [-0.3, -0.25) is 0 Å². The summed E-state index contributed by atoms with van der Waals surface area (Å²) in [5.41, 5.74) is -0.491. The van der Waals surface area contributed by atoms with Crippen molar-refractivity contribution in [2.24, 2.45) is 5.92 Å². The second-order valence-electron chi connectivity index (χ2n) is 9.31. The van der Waals surface area contributed by atoms with E-state index in [1.807, 2.05) is 20.8 Å². The number of hydrogen-bond acceptors (Lipinski definition) is 8. The predicted octanol–water partition coefficient (Wildman–Crippen LogP) is 6.56. The topological polar surface area (TPSA) is 89.5 Å². The number of pyridine rings is 1. The van der Waals surface area contributed by atoms with Crippen LogP contribution in [0.3, 0.4) is 0 Å². The van der Waals surface area contributed by atoms with Crippen LogP contribution in [0.15, 0.2) is 41.0 Å². The van der Waals surface area contributed by atoms with Gasteiger partial charge in [-0.2, -0.15) is 4.37 Å². The van der Waals surface area contributed by atoms with E-state index in [1.54, 1.807) is 29.3 Å². The number of ether oxygens (including phenoxy) is 2. The van der Waals surface area contributed by atoms with Crippen LogP contribution < -0.4 is 10.1 Å². The predicted molar refractivity (Wildman–Crippen MR) is 136 cm³/mol. The molecule has 1 N–H and O–H groups in total. The lowest BCUT2D eigenvalue weighted by Crippen LogP contribution is -2.42. The molecule has 1 fully saturated rings. The minimum absolute atomic E-state index is 0.255. The first-order valence-electron chi connectivity index (χ1n) is 11.3. The largest absolute Gasteiger partial charge is 0.453 e. The Morgan fingerprint density at radius 2 is 1.97 bits per heavy atom. The number of hydrogen-bond donors (Lipinski definition) is 1. The van der Waals surface area contributed by atoms with E-state index < -0.39 is 5.60 Å². The molecule has 1 aliphatic rings. The fourth-order valence-electron chi connectivity index (χ4n) is 3.62. The summed E-state index contributed by atoms with van der Waals surface area (Å²) in [5.74, 6) is 2.26. The molecule has 35 heavy (non-hydrogen) atoms. The van der Waals surface area contributed by atoms with Gasteiger partial charge >= 0.3 is 6.09 Å². The van der Waals surface area contributed by atoms with Crippen molar-refractivity contribution in [1.82, 2.24) is 19.2 Å². The molecule has 0 atom stereocenters. The van der Waals surface area contributed by atoms with Gasteiger partial charge in [0.25, 0.3) is 0 Å². The molecule has 0 saturated carbocycles. The maximum atomic E-state index is 13.2. The van der Waals surface area contributed by atoms with Crippen molar-refractivity contribution in [3.8, 4) is 11.5 Å². The van der Waals surface area contributed by atoms with Crippen LogP contribution in [0.25, 0.3) is 0 Å². The van der Waals surface area contributed by atoms with Crippen molar-refractivity contribution in [2.45, 2.75) is 45.6 Å². The second kappa shape index (κ2) is 10.9. The Labute approximate surface area is 216 Å². The Morgan fingerprint density at radius 3 is 2.66 bits per heavy atom. The molecule has 0 radical (unpaired) electrons. The number of amides is 1. The Balaban J connectivity index is 1.34. The lowest BCUT2D eigenvalue weighted by Gasteiger charge is -2.33. The summed E-state index contributed by atoms with van der Waals surface area (Å²) in [6.45, 7) is 6.96. The van der Waals surface area contributed by atoms with Gasteiger partial charge in [-0.1, -0.05) is 0 Å². The first kappa shape index (κ1) is 25.3. The van der Waals surface area contributed by atoms with Crippen LogP contribution in [-0.2, 0) is 11.2 Å². The maximum absolute atomic E-state index is 13.2. The van der Waals surface area contributed by atoms with E-state index in [1.165, 1.54) is 23.7 Å². The molecular weight excluding hydrogens is 537 g/mol. The minimum atomic E-state index is -0.491. The molecular formula is C24H27BrFN5O3S. The molecule has 1 aromatic carbocycles. The van der Waals surface area contributed by atoms with Gasteiger partial charge in [-0.05, 0) is 79.7 Å². The molecule has 3 heterocycles. The first-order valence-corrected chi connectivity index (χ1v) is 12.9. The van der Waals surface area contributed by atoms with Gasteiger partial charge in [0.1, 0.15) is 23.0 Å². The van der Waals surface area contributed by atoms with E-state index >= 15 is 0 Å². The average molecular weight is 564 g/mol. The normalized spacial score (nSPS) is 14.6. The average Bonchev–Trinajstić information content (AvgIpc) is 3.23. The van der Waals surface area contributed by atoms with E-state index in [0.29, 0.717) is 41.5 Å². The Kier molecular flexibility index (Phi) is 7.85. The zero-order valence-electron chi connectivity index (χ0n) is 19.8. The van der Waals surface area contributed by atoms with Crippen LogP contribution in [-0.4, -0.2) is 44.0 Å². The highest BCUT2D eigenvalue weighted by molar-refractivity contribution is 9.10. The van der Waals surface area contributed by atoms with Gasteiger partial charge in [0.15, 0.2) is 11.6 Å². The van der Waals surface area contributed by atoms with Crippen molar-refractivity contribution < 1.29 is 18.7 Å². The molecule has 0 spiro atoms. The number of aromatic nitrogens is 3. The summed E-state index contributed by atoms with van der Waals surface area (Å²) in [7, 11) is 0. The molecule has 0 bridgehead atoms. The van der Waals surface area contributed by atoms with Crippen LogP contribution in [0.1, 0.15) is 39.4 Å². The smallest absolute Gasteiger partial charge is 0.410 e. The van der Waals surface area contributed by atoms with Crippen LogP contribution in [0.4, 0.5) is 20.1 Å². The van der Waals surface area contributed by atoms with E-state index in [4.69, 9.17) is 9.47 Å². The third-order valence-electron chi connectivity index (χ3n) is 5.29. The summed E-state index contributed by atoms with van der Waals surface area (Å²) in [6, 6.07) is 7.55. The molecule has 11 heteroatoms. The zero-order valence-corrected chi connectivity index (χ0v) is 22.2. The van der Waals surface area contributed by atoms with Crippen LogP contribution in [0.5, 0.6) is 11.5 Å². The van der Waals surface area contributed by atoms with Crippen LogP contribution >= 0.6 is 27.5 Å². The molecule has 4 rings (SSSR count). The van der Waals surface area contributed by atoms with Gasteiger partial charge in [0, 0.05) is 47.8 Å². The van der Waals surface area contributed by atoms with Gasteiger partial charge in [0.05, 0.1) is 0 Å². The number of piperidine rings is 1. The van der Waals surface area contributed by atoms with Gasteiger partial charge in [-0.15, -0.1) is 0 Å². The number of carbonyl (C=O) groups excluding carboxylic acids is 1. The fourth-order valence-corrected chi connectivity index (χ4v) is 4.52. The Morgan fingerprint density at radius 1 is 1.26 bits per heavy atom. The van der Waals surface area contributed by atoms with Crippen molar-refractivity contribution in [2.75, 3.05) is 18.4 Å². The number of anilines is 2. The molecule has 0 unspecified atom stereocenters. The fraction of sp³-hybridized carbons (Fsp3) is 0.417. The molecule has 3 aromatic rings. The minimum Gasteiger partial charge on any atom is -0.453 e. The van der Waals surface area contributed by atoms with E-state index in [0.717, 1.165) is 29.6 Å². The number of nitrogens with zero attached hydrogens (tertiary/aromatic N) is 4. The monoisotopic (exact) mass is 563 g/mol. The van der Waals surface area contributed by atoms with Crippen LogP contribution in [0, 0.1) is 11.7 Å². The summed E-state index contributed by atoms with van der Waals surface area (Å²) >= 11 is 4.66. The number of likely N-dealkylation sites (tertiary alicyclic amines) is 1. The van der Waals surface area contributed by atoms with Gasteiger partial charge in [-0.25, -0.2) is 19.2 Å². The molecule has 1 amide bonds. The molecule has 2 aromatic heterocycles.